The number of hydrogen-bond acceptors (Lipinski definition) is 8. The minimum atomic E-state index is -0.930. The molecule has 2 atom stereocenters. The van der Waals surface area contributed by atoms with Crippen LogP contribution in [0.5, 0.6) is 11.5 Å². The van der Waals surface area contributed by atoms with Crippen LogP contribution >= 0.6 is 59.4 Å². The normalized spacial score (nSPS) is 14.5. The Hall–Kier alpha value is 0.0600. The van der Waals surface area contributed by atoms with Gasteiger partial charge in [-0.1, -0.05) is 65.8 Å². The van der Waals surface area contributed by atoms with Crippen molar-refractivity contribution >= 4 is 59.4 Å². The molecular formula is C30H50O4S6. The Bertz CT molecular complexity index is 855. The number of aliphatic hydroxyl groups excluding tert-OH is 2. The van der Waals surface area contributed by atoms with E-state index in [0.29, 0.717) is 13.2 Å². The lowest BCUT2D eigenvalue weighted by atomic mass is 10.1. The molecule has 0 heterocycles. The van der Waals surface area contributed by atoms with Gasteiger partial charge in [-0.25, -0.2) is 0 Å². The van der Waals surface area contributed by atoms with Crippen LogP contribution in [0.4, 0.5) is 0 Å². The lowest BCUT2D eigenvalue weighted by Gasteiger charge is -2.38. The number of ether oxygens (including phenoxy) is 2. The summed E-state index contributed by atoms with van der Waals surface area (Å²) in [5.41, 5.74) is 2.19. The molecule has 0 bridgehead atoms. The van der Waals surface area contributed by atoms with Gasteiger partial charge in [0.05, 0.1) is 12.2 Å². The molecule has 2 unspecified atom stereocenters. The molecule has 40 heavy (non-hydrogen) atoms. The van der Waals surface area contributed by atoms with E-state index < -0.39 is 28.4 Å². The molecule has 0 amide bonds. The molecule has 0 radical (unpaired) electrons. The van der Waals surface area contributed by atoms with Crippen LogP contribution in [0.15, 0.2) is 48.5 Å². The van der Waals surface area contributed by atoms with Gasteiger partial charge in [-0.3, -0.25) is 0 Å². The van der Waals surface area contributed by atoms with E-state index in [0.717, 1.165) is 68.6 Å². The summed E-state index contributed by atoms with van der Waals surface area (Å²) in [5.74, 6) is 9.69. The van der Waals surface area contributed by atoms with Crippen LogP contribution in [0.1, 0.15) is 41.5 Å². The van der Waals surface area contributed by atoms with Crippen molar-refractivity contribution in [3.05, 3.63) is 48.5 Å². The molecule has 4 nitrogen and oxygen atoms in total. The second-order valence-electron chi connectivity index (χ2n) is 9.00. The maximum absolute atomic E-state index is 10.7. The lowest BCUT2D eigenvalue weighted by molar-refractivity contribution is 0.126. The fraction of sp³-hybridized carbons (Fsp3) is 0.600. The molecule has 0 fully saturated rings. The van der Waals surface area contributed by atoms with E-state index in [9.17, 15) is 10.2 Å². The molecule has 0 aromatic heterocycles. The number of hydrogen-bond donors (Lipinski definition) is 2. The molecule has 0 spiro atoms. The maximum atomic E-state index is 10.7. The zero-order valence-corrected chi connectivity index (χ0v) is 29.9. The Morgan fingerprint density at radius 1 is 0.550 bits per heavy atom. The smallest absolute Gasteiger partial charge is 0.119 e. The topological polar surface area (TPSA) is 58.9 Å². The van der Waals surface area contributed by atoms with Crippen molar-refractivity contribution in [1.82, 2.24) is 0 Å². The summed E-state index contributed by atoms with van der Waals surface area (Å²) < 4.78 is 11.9. The minimum absolute atomic E-state index is 0.315. The van der Waals surface area contributed by atoms with Crippen molar-refractivity contribution in [2.75, 3.05) is 59.2 Å². The van der Waals surface area contributed by atoms with Crippen LogP contribution in [0, 0.1) is 0 Å². The van der Waals surface area contributed by atoms with Gasteiger partial charge in [0.15, 0.2) is 0 Å². The maximum Gasteiger partial charge on any atom is 0.119 e. The standard InChI is InChI=1S/C30H50O4S6/c1-7-35-39(11-5,36-8-2)23-27(31)21-33-29-17-13-25(14-18-29)26-15-19-30(20-16-26)34-22-28(32)24-40(12-6,37-9-3)38-10-4/h13-20,27-28,31-32H,7-12,21-24H2,1-6H3. The average molecular weight is 667 g/mol. The Morgan fingerprint density at radius 2 is 0.850 bits per heavy atom. The van der Waals surface area contributed by atoms with Crippen molar-refractivity contribution in [3.8, 4) is 22.6 Å². The quantitative estimate of drug-likeness (QED) is 0.128. The number of aliphatic hydroxyl groups is 2. The molecule has 2 rings (SSSR count). The molecule has 2 N–H and O–H groups in total. The average Bonchev–Trinajstić information content (AvgIpc) is 2.96. The molecule has 2 aromatic carbocycles. The van der Waals surface area contributed by atoms with Crippen LogP contribution in [-0.2, 0) is 0 Å². The van der Waals surface area contributed by atoms with Gasteiger partial charge >= 0.3 is 0 Å². The summed E-state index contributed by atoms with van der Waals surface area (Å²) in [6.07, 6.45) is -0.927. The van der Waals surface area contributed by atoms with Crippen LogP contribution in [0.2, 0.25) is 0 Å². The van der Waals surface area contributed by atoms with Gasteiger partial charge in [-0.2, -0.15) is 0 Å². The van der Waals surface area contributed by atoms with Gasteiger partial charge in [0.2, 0.25) is 0 Å². The third kappa shape index (κ3) is 12.0. The molecule has 0 aliphatic heterocycles. The van der Waals surface area contributed by atoms with E-state index >= 15 is 0 Å². The largest absolute Gasteiger partial charge is 0.491 e. The fourth-order valence-corrected chi connectivity index (χ4v) is 24.3. The monoisotopic (exact) mass is 666 g/mol. The summed E-state index contributed by atoms with van der Waals surface area (Å²) in [7, 11) is 6.21. The van der Waals surface area contributed by atoms with E-state index in [1.807, 2.05) is 91.7 Å². The summed E-state index contributed by atoms with van der Waals surface area (Å²) in [5, 5.41) is 21.4. The Morgan fingerprint density at radius 3 is 1.10 bits per heavy atom. The zero-order chi connectivity index (χ0) is 29.4. The molecule has 230 valence electrons. The molecule has 0 saturated heterocycles. The molecule has 0 aliphatic carbocycles. The fourth-order valence-electron chi connectivity index (χ4n) is 4.24. The Labute approximate surface area is 261 Å². The van der Waals surface area contributed by atoms with Crippen LogP contribution in [-0.4, -0.2) is 81.7 Å². The van der Waals surface area contributed by atoms with Crippen LogP contribution < -0.4 is 9.47 Å². The van der Waals surface area contributed by atoms with Crippen LogP contribution in [0.25, 0.3) is 11.1 Å². The summed E-state index contributed by atoms with van der Waals surface area (Å²) in [6, 6.07) is 16.1. The first kappa shape index (κ1) is 36.3. The second kappa shape index (κ2) is 19.4. The van der Waals surface area contributed by atoms with Crippen molar-refractivity contribution in [1.29, 1.82) is 0 Å². The van der Waals surface area contributed by atoms with Gasteiger partial charge in [-0.05, 0) is 46.9 Å². The molecule has 0 aliphatic rings. The highest BCUT2D eigenvalue weighted by molar-refractivity contribution is 9.25. The summed E-state index contributed by atoms with van der Waals surface area (Å²) in [4.78, 5) is 0. The SMILES string of the molecule is CCSS(CC)(CC(O)COc1ccc(-c2ccc(OCC(O)CS(CC)(SCC)SCC)cc2)cc1)SCC. The molecule has 2 aromatic rings. The van der Waals surface area contributed by atoms with Gasteiger partial charge in [-0.15, -0.1) is 59.4 Å². The predicted octanol–water partition coefficient (Wildman–Crippen LogP) is 9.15. The first-order valence-corrected chi connectivity index (χ1v) is 24.2. The van der Waals surface area contributed by atoms with Gasteiger partial charge in [0.1, 0.15) is 24.7 Å². The lowest BCUT2D eigenvalue weighted by Crippen LogP contribution is -2.24. The van der Waals surface area contributed by atoms with E-state index in [1.54, 1.807) is 0 Å². The van der Waals surface area contributed by atoms with Crippen molar-refractivity contribution < 1.29 is 19.7 Å². The highest BCUT2D eigenvalue weighted by Gasteiger charge is 2.27. The second-order valence-corrected chi connectivity index (χ2v) is 28.8. The van der Waals surface area contributed by atoms with Gasteiger partial charge in [0, 0.05) is 34.5 Å². The molecule has 0 saturated carbocycles. The third-order valence-corrected chi connectivity index (χ3v) is 28.1. The highest BCUT2D eigenvalue weighted by Crippen LogP contribution is 2.70. The summed E-state index contributed by atoms with van der Waals surface area (Å²) >= 11 is 0. The van der Waals surface area contributed by atoms with E-state index in [1.165, 1.54) is 0 Å². The first-order chi connectivity index (χ1) is 19.3. The molecule has 10 heteroatoms. The highest BCUT2D eigenvalue weighted by atomic mass is 33.6. The first-order valence-electron chi connectivity index (χ1n) is 14.2. The predicted molar refractivity (Wildman–Crippen MR) is 193 cm³/mol. The van der Waals surface area contributed by atoms with Gasteiger partial charge < -0.3 is 19.7 Å². The van der Waals surface area contributed by atoms with Crippen molar-refractivity contribution in [3.63, 3.8) is 0 Å². The number of rotatable bonds is 21. The van der Waals surface area contributed by atoms with E-state index in [-0.39, 0.29) is 0 Å². The Kier molecular flexibility index (Phi) is 17.5. The van der Waals surface area contributed by atoms with E-state index in [2.05, 4.69) is 41.5 Å². The third-order valence-electron chi connectivity index (χ3n) is 6.03. The molecular weight excluding hydrogens is 617 g/mol. The van der Waals surface area contributed by atoms with E-state index in [4.69, 9.17) is 9.47 Å². The summed E-state index contributed by atoms with van der Waals surface area (Å²) in [6.45, 7) is 13.9. The minimum Gasteiger partial charge on any atom is -0.491 e. The van der Waals surface area contributed by atoms with Crippen molar-refractivity contribution in [2.24, 2.45) is 0 Å². The Balaban J connectivity index is 1.89. The zero-order valence-electron chi connectivity index (χ0n) is 25.0. The van der Waals surface area contributed by atoms with Crippen molar-refractivity contribution in [2.45, 2.75) is 53.8 Å². The number of benzene rings is 2. The van der Waals surface area contributed by atoms with Gasteiger partial charge in [0.25, 0.3) is 0 Å². The van der Waals surface area contributed by atoms with Crippen LogP contribution in [0.3, 0.4) is 0 Å².